The summed E-state index contributed by atoms with van der Waals surface area (Å²) in [5, 5.41) is 26.5. The molecule has 0 spiro atoms. The Morgan fingerprint density at radius 1 is 0.192 bits per heavy atom. The molecule has 0 saturated carbocycles. The summed E-state index contributed by atoms with van der Waals surface area (Å²) in [5.74, 6) is 0. The summed E-state index contributed by atoms with van der Waals surface area (Å²) in [7, 11) is 0. The normalized spacial score (nSPS) is 12.0. The molecule has 22 aromatic rings. The highest BCUT2D eigenvalue weighted by Crippen LogP contribution is 2.46. The van der Waals surface area contributed by atoms with Crippen molar-refractivity contribution in [3.63, 3.8) is 0 Å². The van der Waals surface area contributed by atoms with E-state index in [2.05, 4.69) is 385 Å². The number of hydrogen-bond donors (Lipinski definition) is 0. The molecule has 0 bridgehead atoms. The van der Waals surface area contributed by atoms with E-state index in [-0.39, 0.29) is 0 Å². The van der Waals surface area contributed by atoms with Crippen LogP contribution in [0.5, 0.6) is 0 Å². The van der Waals surface area contributed by atoms with E-state index in [1.165, 1.54) is 43.1 Å². The predicted octanol–water partition coefficient (Wildman–Crippen LogP) is 24.5. The van der Waals surface area contributed by atoms with Gasteiger partial charge in [0.1, 0.15) is 11.6 Å². The molecule has 0 aliphatic rings. The molecule has 8 heteroatoms. The summed E-state index contributed by atoms with van der Waals surface area (Å²) in [4.78, 5) is 5.44. The Labute approximate surface area is 596 Å². The van der Waals surface area contributed by atoms with Crippen LogP contribution in [0.1, 0.15) is 5.56 Å². The van der Waals surface area contributed by atoms with Crippen molar-refractivity contribution >= 4 is 131 Å². The molecular weight excluding hydrogens is 1270 g/mol. The molecule has 8 nitrogen and oxygen atoms in total. The summed E-state index contributed by atoms with van der Waals surface area (Å²) < 4.78 is 14.4. The predicted molar refractivity (Wildman–Crippen MR) is 431 cm³/mol. The molecule has 0 radical (unpaired) electrons. The topological polar surface area (TPSA) is 66.3 Å². The molecular formula is C96H58N8. The molecule has 482 valence electrons. The van der Waals surface area contributed by atoms with Crippen LogP contribution in [0.2, 0.25) is 0 Å². The Kier molecular flexibility index (Phi) is 12.4. The van der Waals surface area contributed by atoms with Crippen molar-refractivity contribution in [2.45, 2.75) is 0 Å². The second kappa shape index (κ2) is 22.4. The number of pyridine rings is 1. The quantitative estimate of drug-likeness (QED) is 0.145. The van der Waals surface area contributed by atoms with Crippen LogP contribution in [0.15, 0.2) is 352 Å². The Morgan fingerprint density at radius 3 is 0.663 bits per heavy atom. The van der Waals surface area contributed by atoms with Gasteiger partial charge in [-0.1, -0.05) is 206 Å². The van der Waals surface area contributed by atoms with Crippen LogP contribution < -0.4 is 0 Å². The SMILES string of the molecule is N#Cc1c(-n2c3ccc(-n4c5ccccc5c5ccccc54)cc3c3cc(-n4c5ccccc5c5ccccc54)ccc32)cc(-c2cc(-c3ccccc3)nc(-c3ccccc3)c2)cc1-n1c2ccc(-n3c4ccccc4c4ccccc43)cc2c2cc(-n3c4ccccc4c4ccccc43)ccc21. The van der Waals surface area contributed by atoms with Gasteiger partial charge >= 0.3 is 0 Å². The van der Waals surface area contributed by atoms with Gasteiger partial charge in [0.15, 0.2) is 0 Å². The molecule has 0 aliphatic heterocycles. The lowest BCUT2D eigenvalue weighted by atomic mass is 9.97. The fraction of sp³-hybridized carbons (Fsp3) is 0. The minimum Gasteiger partial charge on any atom is -0.309 e. The van der Waals surface area contributed by atoms with Crippen LogP contribution in [0.4, 0.5) is 0 Å². The van der Waals surface area contributed by atoms with E-state index in [1.54, 1.807) is 0 Å². The number of fused-ring (bicyclic) bond motifs is 18. The zero-order chi connectivity index (χ0) is 68.3. The molecule has 15 aromatic carbocycles. The number of aromatic nitrogens is 7. The largest absolute Gasteiger partial charge is 0.309 e. The molecule has 0 saturated heterocycles. The van der Waals surface area contributed by atoms with Gasteiger partial charge in [-0.05, 0) is 157 Å². The number of hydrogen-bond acceptors (Lipinski definition) is 2. The van der Waals surface area contributed by atoms with E-state index >= 15 is 0 Å². The van der Waals surface area contributed by atoms with Crippen molar-refractivity contribution in [3.8, 4) is 73.8 Å². The van der Waals surface area contributed by atoms with Gasteiger partial charge in [-0.25, -0.2) is 4.98 Å². The molecule has 7 heterocycles. The Hall–Kier alpha value is -14.3. The highest BCUT2D eigenvalue weighted by molar-refractivity contribution is 6.17. The van der Waals surface area contributed by atoms with Gasteiger partial charge in [0.25, 0.3) is 0 Å². The maximum absolute atomic E-state index is 12.7. The van der Waals surface area contributed by atoms with E-state index in [4.69, 9.17) is 4.98 Å². The Bertz CT molecular complexity index is 6450. The molecule has 104 heavy (non-hydrogen) atoms. The Morgan fingerprint density at radius 2 is 0.413 bits per heavy atom. The summed E-state index contributed by atoms with van der Waals surface area (Å²) in [6.07, 6.45) is 0. The van der Waals surface area contributed by atoms with E-state index in [1.807, 2.05) is 0 Å². The summed E-state index contributed by atoms with van der Waals surface area (Å²) in [6, 6.07) is 130. The molecule has 0 N–H and O–H groups in total. The van der Waals surface area contributed by atoms with Crippen molar-refractivity contribution in [2.75, 3.05) is 0 Å². The first-order valence-corrected chi connectivity index (χ1v) is 35.4. The summed E-state index contributed by atoms with van der Waals surface area (Å²) in [6.45, 7) is 0. The number of rotatable bonds is 9. The van der Waals surface area contributed by atoms with Gasteiger partial charge in [-0.3, -0.25) is 0 Å². The summed E-state index contributed by atoms with van der Waals surface area (Å²) in [5.41, 5.74) is 24.6. The van der Waals surface area contributed by atoms with Crippen LogP contribution in [-0.2, 0) is 0 Å². The number of para-hydroxylation sites is 8. The van der Waals surface area contributed by atoms with Crippen LogP contribution in [0, 0.1) is 11.3 Å². The fourth-order valence-electron chi connectivity index (χ4n) is 17.3. The standard InChI is InChI=1S/C96H58N8/c97-59-80-95(103-91-47-43-64(99-83-35-15-7-27-68(83)69-28-8-16-36-84(69)99)55-76(91)77-56-65(44-48-92(77)103)100-85-37-17-9-29-70(85)71-30-10-18-38-86(71)100)53-63(62-51-81(60-23-3-1-4-24-60)98-82(52-62)61-25-5-2-6-26-61)54-96(80)104-93-49-45-66(101-87-39-19-11-31-72(87)73-32-12-20-40-88(73)101)57-78(93)79-58-67(46-50-94(79)104)102-89-41-21-13-33-74(89)75-34-14-22-42-90(75)102/h1-58H. The van der Waals surface area contributed by atoms with Crippen LogP contribution in [0.25, 0.3) is 199 Å². The third-order valence-electron chi connectivity index (χ3n) is 21.8. The molecule has 0 fully saturated rings. The highest BCUT2D eigenvalue weighted by Gasteiger charge is 2.27. The monoisotopic (exact) mass is 1320 g/mol. The average Bonchev–Trinajstić information content (AvgIpc) is 1.55. The highest BCUT2D eigenvalue weighted by atomic mass is 15.1. The van der Waals surface area contributed by atoms with Crippen LogP contribution >= 0.6 is 0 Å². The van der Waals surface area contributed by atoms with Crippen molar-refractivity contribution in [2.24, 2.45) is 0 Å². The molecule has 7 aromatic heterocycles. The number of benzene rings is 15. The minimum absolute atomic E-state index is 0.517. The third kappa shape index (κ3) is 8.44. The zero-order valence-corrected chi connectivity index (χ0v) is 56.1. The zero-order valence-electron chi connectivity index (χ0n) is 56.1. The second-order valence-electron chi connectivity index (χ2n) is 27.3. The van der Waals surface area contributed by atoms with Gasteiger partial charge in [0.05, 0.1) is 89.0 Å². The maximum Gasteiger partial charge on any atom is 0.104 e. The van der Waals surface area contributed by atoms with Gasteiger partial charge in [-0.15, -0.1) is 0 Å². The van der Waals surface area contributed by atoms with Gasteiger partial charge in [0.2, 0.25) is 0 Å². The number of nitriles is 1. The van der Waals surface area contributed by atoms with E-state index < -0.39 is 0 Å². The van der Waals surface area contributed by atoms with Crippen LogP contribution in [-0.4, -0.2) is 32.4 Å². The molecule has 0 aliphatic carbocycles. The fourth-order valence-corrected chi connectivity index (χ4v) is 17.3. The first-order chi connectivity index (χ1) is 51.6. The molecule has 22 rings (SSSR count). The van der Waals surface area contributed by atoms with Crippen molar-refractivity contribution < 1.29 is 0 Å². The Balaban J connectivity index is 0.868. The number of nitrogens with zero attached hydrogens (tertiary/aromatic N) is 8. The lowest BCUT2D eigenvalue weighted by molar-refractivity contribution is 1.11. The third-order valence-corrected chi connectivity index (χ3v) is 21.8. The minimum atomic E-state index is 0.517. The van der Waals surface area contributed by atoms with Gasteiger partial charge in [-0.2, -0.15) is 5.26 Å². The van der Waals surface area contributed by atoms with Crippen molar-refractivity contribution in [3.05, 3.63) is 357 Å². The van der Waals surface area contributed by atoms with Gasteiger partial charge < -0.3 is 27.4 Å². The van der Waals surface area contributed by atoms with E-state index in [9.17, 15) is 5.26 Å². The van der Waals surface area contributed by atoms with Crippen molar-refractivity contribution in [1.82, 2.24) is 32.4 Å². The lowest BCUT2D eigenvalue weighted by Crippen LogP contribution is -2.06. The lowest BCUT2D eigenvalue weighted by Gasteiger charge is -2.19. The molecule has 0 atom stereocenters. The smallest absolute Gasteiger partial charge is 0.104 e. The maximum atomic E-state index is 12.7. The summed E-state index contributed by atoms with van der Waals surface area (Å²) >= 11 is 0. The first kappa shape index (κ1) is 57.6. The van der Waals surface area contributed by atoms with Crippen LogP contribution in [0.3, 0.4) is 0 Å². The second-order valence-corrected chi connectivity index (χ2v) is 27.3. The van der Waals surface area contributed by atoms with Gasteiger partial charge in [0, 0.05) is 98.5 Å². The molecule has 0 amide bonds. The van der Waals surface area contributed by atoms with E-state index in [0.717, 1.165) is 156 Å². The first-order valence-electron chi connectivity index (χ1n) is 35.4. The van der Waals surface area contributed by atoms with Crippen molar-refractivity contribution in [1.29, 1.82) is 5.26 Å². The average molecular weight is 1320 g/mol. The molecule has 0 unspecified atom stereocenters. The van der Waals surface area contributed by atoms with E-state index in [0.29, 0.717) is 5.56 Å².